The van der Waals surface area contributed by atoms with Crippen molar-refractivity contribution in [3.63, 3.8) is 0 Å². The van der Waals surface area contributed by atoms with Gasteiger partial charge in [0, 0.05) is 37.8 Å². The molecule has 2 N–H and O–H groups in total. The van der Waals surface area contributed by atoms with Crippen LogP contribution in [0, 0.1) is 5.82 Å². The van der Waals surface area contributed by atoms with Crippen molar-refractivity contribution >= 4 is 5.96 Å². The molecule has 2 aromatic carbocycles. The second-order valence-corrected chi connectivity index (χ2v) is 7.69. The van der Waals surface area contributed by atoms with E-state index in [1.807, 2.05) is 42.5 Å². The normalized spacial score (nSPS) is 16.1. The van der Waals surface area contributed by atoms with Gasteiger partial charge in [0.2, 0.25) is 5.89 Å². The second kappa shape index (κ2) is 9.75. The summed E-state index contributed by atoms with van der Waals surface area (Å²) in [5.41, 5.74) is 2.72. The summed E-state index contributed by atoms with van der Waals surface area (Å²) in [4.78, 5) is 8.88. The van der Waals surface area contributed by atoms with Gasteiger partial charge in [-0.3, -0.25) is 4.99 Å². The van der Waals surface area contributed by atoms with E-state index < -0.39 is 0 Å². The van der Waals surface area contributed by atoms with Gasteiger partial charge in [0.1, 0.15) is 12.1 Å². The van der Waals surface area contributed by atoms with Crippen molar-refractivity contribution in [2.45, 2.75) is 24.8 Å². The molecule has 1 aliphatic heterocycles. The van der Waals surface area contributed by atoms with Crippen LogP contribution in [-0.2, 0) is 16.7 Å². The summed E-state index contributed by atoms with van der Waals surface area (Å²) in [5.74, 6) is 1.05. The molecule has 6 nitrogen and oxygen atoms in total. The lowest BCUT2D eigenvalue weighted by Gasteiger charge is -2.38. The first kappa shape index (κ1) is 21.1. The molecule has 0 aliphatic carbocycles. The number of hydrogen-bond donors (Lipinski definition) is 2. The molecule has 31 heavy (non-hydrogen) atoms. The van der Waals surface area contributed by atoms with Gasteiger partial charge in [-0.25, -0.2) is 9.37 Å². The number of nitrogens with zero attached hydrogens (tertiary/aromatic N) is 2. The fourth-order valence-corrected chi connectivity index (χ4v) is 3.88. The molecule has 4 rings (SSSR count). The van der Waals surface area contributed by atoms with E-state index in [1.54, 1.807) is 13.3 Å². The minimum Gasteiger partial charge on any atom is -0.444 e. The first-order valence-corrected chi connectivity index (χ1v) is 10.5. The van der Waals surface area contributed by atoms with Crippen LogP contribution < -0.4 is 10.6 Å². The van der Waals surface area contributed by atoms with Gasteiger partial charge in [0.05, 0.1) is 12.2 Å². The van der Waals surface area contributed by atoms with Crippen LogP contribution in [0.15, 0.2) is 70.3 Å². The van der Waals surface area contributed by atoms with Crippen molar-refractivity contribution in [3.05, 3.63) is 77.9 Å². The molecule has 1 aromatic heterocycles. The SMILES string of the molecule is CN=C(NCc1coc(-c2ccccc2)n1)NCC1(c2ccc(F)cc2)CCOCC1. The molecule has 2 heterocycles. The van der Waals surface area contributed by atoms with E-state index in [-0.39, 0.29) is 11.2 Å². The topological polar surface area (TPSA) is 71.7 Å². The quantitative estimate of drug-likeness (QED) is 0.466. The Bertz CT molecular complexity index is 996. The number of halogens is 1. The van der Waals surface area contributed by atoms with Crippen LogP contribution in [0.1, 0.15) is 24.1 Å². The average molecular weight is 423 g/mol. The smallest absolute Gasteiger partial charge is 0.226 e. The minimum absolute atomic E-state index is 0.127. The number of benzene rings is 2. The van der Waals surface area contributed by atoms with Crippen LogP contribution >= 0.6 is 0 Å². The molecule has 0 atom stereocenters. The van der Waals surface area contributed by atoms with E-state index in [0.29, 0.717) is 38.2 Å². The third kappa shape index (κ3) is 5.11. The lowest BCUT2D eigenvalue weighted by molar-refractivity contribution is 0.0513. The highest BCUT2D eigenvalue weighted by Crippen LogP contribution is 2.34. The van der Waals surface area contributed by atoms with Crippen molar-refractivity contribution in [1.82, 2.24) is 15.6 Å². The third-order valence-corrected chi connectivity index (χ3v) is 5.73. The standard InChI is InChI=1S/C24H27FN4O2/c1-26-23(27-15-21-16-31-22(29-21)18-5-3-2-4-6-18)28-17-24(11-13-30-14-12-24)19-7-9-20(25)10-8-19/h2-10,16H,11-15,17H2,1H3,(H2,26,27,28). The van der Waals surface area contributed by atoms with E-state index >= 15 is 0 Å². The number of hydrogen-bond acceptors (Lipinski definition) is 4. The van der Waals surface area contributed by atoms with Gasteiger partial charge < -0.3 is 19.8 Å². The summed E-state index contributed by atoms with van der Waals surface area (Å²) in [5, 5.41) is 6.73. The number of aliphatic imine (C=N–C) groups is 1. The molecule has 162 valence electrons. The molecule has 1 saturated heterocycles. The van der Waals surface area contributed by atoms with E-state index in [4.69, 9.17) is 9.15 Å². The molecule has 1 fully saturated rings. The van der Waals surface area contributed by atoms with Crippen LogP contribution in [0.5, 0.6) is 0 Å². The van der Waals surface area contributed by atoms with Gasteiger partial charge >= 0.3 is 0 Å². The monoisotopic (exact) mass is 422 g/mol. The van der Waals surface area contributed by atoms with Crippen LogP contribution in [0.4, 0.5) is 4.39 Å². The fraction of sp³-hybridized carbons (Fsp3) is 0.333. The Balaban J connectivity index is 1.38. The predicted octanol–water partition coefficient (Wildman–Crippen LogP) is 3.89. The maximum Gasteiger partial charge on any atom is 0.226 e. The van der Waals surface area contributed by atoms with Crippen LogP contribution in [0.2, 0.25) is 0 Å². The molecule has 0 spiro atoms. The highest BCUT2D eigenvalue weighted by molar-refractivity contribution is 5.79. The van der Waals surface area contributed by atoms with Crippen LogP contribution in [0.3, 0.4) is 0 Å². The Hall–Kier alpha value is -3.19. The number of rotatable bonds is 6. The number of guanidine groups is 1. The first-order valence-electron chi connectivity index (χ1n) is 10.5. The Labute approximate surface area is 181 Å². The summed E-state index contributed by atoms with van der Waals surface area (Å²) in [6.07, 6.45) is 3.39. The molecule has 0 bridgehead atoms. The Kier molecular flexibility index (Phi) is 6.62. The summed E-state index contributed by atoms with van der Waals surface area (Å²) >= 11 is 0. The van der Waals surface area contributed by atoms with Crippen LogP contribution in [-0.4, -0.2) is 37.7 Å². The number of ether oxygens (including phenoxy) is 1. The van der Waals surface area contributed by atoms with Gasteiger partial charge in [0.25, 0.3) is 0 Å². The van der Waals surface area contributed by atoms with Gasteiger partial charge in [-0.1, -0.05) is 30.3 Å². The lowest BCUT2D eigenvalue weighted by atomic mass is 9.74. The number of oxazole rings is 1. The van der Waals surface area contributed by atoms with E-state index in [1.165, 1.54) is 12.1 Å². The molecular weight excluding hydrogens is 395 g/mol. The van der Waals surface area contributed by atoms with E-state index in [9.17, 15) is 4.39 Å². The molecule has 0 unspecified atom stereocenters. The number of nitrogens with one attached hydrogen (secondary N) is 2. The molecule has 1 aliphatic rings. The average Bonchev–Trinajstić information content (AvgIpc) is 3.30. The molecule has 3 aromatic rings. The molecular formula is C24H27FN4O2. The Morgan fingerprint density at radius 3 is 2.52 bits per heavy atom. The van der Waals surface area contributed by atoms with Gasteiger partial charge in [-0.15, -0.1) is 0 Å². The summed E-state index contributed by atoms with van der Waals surface area (Å²) in [6.45, 7) is 2.54. The third-order valence-electron chi connectivity index (χ3n) is 5.73. The van der Waals surface area contributed by atoms with Crippen molar-refractivity contribution in [3.8, 4) is 11.5 Å². The van der Waals surface area contributed by atoms with Crippen molar-refractivity contribution in [2.75, 3.05) is 26.8 Å². The zero-order valence-electron chi connectivity index (χ0n) is 17.6. The maximum atomic E-state index is 13.4. The van der Waals surface area contributed by atoms with E-state index in [0.717, 1.165) is 29.7 Å². The molecule has 7 heteroatoms. The zero-order valence-corrected chi connectivity index (χ0v) is 17.6. The van der Waals surface area contributed by atoms with Gasteiger partial charge in [-0.05, 0) is 42.7 Å². The van der Waals surface area contributed by atoms with Gasteiger partial charge in [0.15, 0.2) is 5.96 Å². The maximum absolute atomic E-state index is 13.4. The van der Waals surface area contributed by atoms with Crippen molar-refractivity contribution < 1.29 is 13.5 Å². The molecule has 0 radical (unpaired) electrons. The van der Waals surface area contributed by atoms with Crippen LogP contribution in [0.25, 0.3) is 11.5 Å². The Morgan fingerprint density at radius 1 is 1.06 bits per heavy atom. The summed E-state index contributed by atoms with van der Waals surface area (Å²) in [6, 6.07) is 16.6. The molecule has 0 amide bonds. The predicted molar refractivity (Wildman–Crippen MR) is 118 cm³/mol. The number of aromatic nitrogens is 1. The second-order valence-electron chi connectivity index (χ2n) is 7.69. The highest BCUT2D eigenvalue weighted by atomic mass is 19.1. The largest absolute Gasteiger partial charge is 0.444 e. The Morgan fingerprint density at radius 2 is 1.81 bits per heavy atom. The zero-order chi connectivity index (χ0) is 21.5. The minimum atomic E-state index is -0.223. The van der Waals surface area contributed by atoms with Gasteiger partial charge in [-0.2, -0.15) is 0 Å². The molecule has 0 saturated carbocycles. The van der Waals surface area contributed by atoms with E-state index in [2.05, 4.69) is 20.6 Å². The lowest BCUT2D eigenvalue weighted by Crippen LogP contribution is -2.47. The fourth-order valence-electron chi connectivity index (χ4n) is 3.88. The van der Waals surface area contributed by atoms with Crippen molar-refractivity contribution in [2.24, 2.45) is 4.99 Å². The van der Waals surface area contributed by atoms with Crippen molar-refractivity contribution in [1.29, 1.82) is 0 Å². The first-order chi connectivity index (χ1) is 15.2. The highest BCUT2D eigenvalue weighted by Gasteiger charge is 2.34. The summed E-state index contributed by atoms with van der Waals surface area (Å²) in [7, 11) is 1.74. The summed E-state index contributed by atoms with van der Waals surface area (Å²) < 4.78 is 24.6.